The lowest BCUT2D eigenvalue weighted by Gasteiger charge is -2.05. The predicted molar refractivity (Wildman–Crippen MR) is 125 cm³/mol. The molecule has 164 valence electrons. The first-order chi connectivity index (χ1) is 14.4. The molecule has 1 aliphatic rings. The van der Waals surface area contributed by atoms with Crippen LogP contribution in [0.5, 0.6) is 5.75 Å². The third-order valence-electron chi connectivity index (χ3n) is 5.75. The fourth-order valence-corrected chi connectivity index (χ4v) is 3.69. The molecule has 1 heterocycles. The van der Waals surface area contributed by atoms with E-state index in [4.69, 9.17) is 9.47 Å². The van der Waals surface area contributed by atoms with E-state index in [2.05, 4.69) is 43.3 Å². The van der Waals surface area contributed by atoms with Crippen LogP contribution < -0.4 is 4.74 Å². The number of rotatable bonds is 19. The van der Waals surface area contributed by atoms with Crippen molar-refractivity contribution in [3.8, 4) is 5.75 Å². The van der Waals surface area contributed by atoms with E-state index >= 15 is 0 Å². The second kappa shape index (κ2) is 16.5. The minimum atomic E-state index is 0.324. The third kappa shape index (κ3) is 13.5. The highest BCUT2D eigenvalue weighted by molar-refractivity contribution is 5.27. The van der Waals surface area contributed by atoms with Gasteiger partial charge in [-0.05, 0) is 43.4 Å². The third-order valence-corrected chi connectivity index (χ3v) is 5.75. The summed E-state index contributed by atoms with van der Waals surface area (Å²) in [7, 11) is 0. The minimum absolute atomic E-state index is 0.324. The average molecular weight is 401 g/mol. The van der Waals surface area contributed by atoms with E-state index in [9.17, 15) is 0 Å². The van der Waals surface area contributed by atoms with Gasteiger partial charge in [0.15, 0.2) is 0 Å². The highest BCUT2D eigenvalue weighted by Gasteiger charge is 2.22. The van der Waals surface area contributed by atoms with Crippen LogP contribution in [-0.2, 0) is 11.2 Å². The molecule has 1 atom stereocenters. The van der Waals surface area contributed by atoms with E-state index < -0.39 is 0 Å². The van der Waals surface area contributed by atoms with Crippen molar-refractivity contribution >= 4 is 0 Å². The fraction of sp³-hybridized carbons (Fsp3) is 0.704. The summed E-state index contributed by atoms with van der Waals surface area (Å²) in [5.41, 5.74) is 1.38. The highest BCUT2D eigenvalue weighted by atomic mass is 16.6. The van der Waals surface area contributed by atoms with Gasteiger partial charge in [-0.25, -0.2) is 0 Å². The van der Waals surface area contributed by atoms with Crippen LogP contribution in [0.3, 0.4) is 0 Å². The summed E-state index contributed by atoms with van der Waals surface area (Å²) in [6.07, 6.45) is 25.6. The van der Waals surface area contributed by atoms with Crippen LogP contribution >= 0.6 is 0 Å². The lowest BCUT2D eigenvalue weighted by molar-refractivity contribution is 0.263. The smallest absolute Gasteiger partial charge is 0.119 e. The monoisotopic (exact) mass is 400 g/mol. The van der Waals surface area contributed by atoms with E-state index in [-0.39, 0.29) is 0 Å². The molecule has 0 spiro atoms. The SMILES string of the molecule is CCCCCCCCCCCCCC/C=C/CCc1ccc(OCC2CO2)cc1. The summed E-state index contributed by atoms with van der Waals surface area (Å²) < 4.78 is 10.8. The maximum atomic E-state index is 5.68. The van der Waals surface area contributed by atoms with Crippen LogP contribution in [0.4, 0.5) is 0 Å². The van der Waals surface area contributed by atoms with Gasteiger partial charge in [0.05, 0.1) is 6.61 Å². The zero-order valence-corrected chi connectivity index (χ0v) is 18.9. The van der Waals surface area contributed by atoms with Crippen molar-refractivity contribution in [2.75, 3.05) is 13.2 Å². The molecule has 0 saturated carbocycles. The van der Waals surface area contributed by atoms with E-state index in [1.165, 1.54) is 89.0 Å². The Labute approximate surface area is 180 Å². The van der Waals surface area contributed by atoms with Crippen LogP contribution in [0, 0.1) is 0 Å². The number of ether oxygens (including phenoxy) is 2. The molecule has 0 radical (unpaired) electrons. The van der Waals surface area contributed by atoms with E-state index in [0.717, 1.165) is 25.2 Å². The van der Waals surface area contributed by atoms with Gasteiger partial charge >= 0.3 is 0 Å². The Morgan fingerprint density at radius 1 is 0.793 bits per heavy atom. The topological polar surface area (TPSA) is 21.8 Å². The summed E-state index contributed by atoms with van der Waals surface area (Å²) in [5, 5.41) is 0. The Kier molecular flexibility index (Phi) is 13.7. The zero-order chi connectivity index (χ0) is 20.4. The number of aryl methyl sites for hydroxylation is 1. The Morgan fingerprint density at radius 2 is 1.34 bits per heavy atom. The van der Waals surface area contributed by atoms with Crippen LogP contribution in [0.2, 0.25) is 0 Å². The fourth-order valence-electron chi connectivity index (χ4n) is 3.69. The number of allylic oxidation sites excluding steroid dienone is 2. The lowest BCUT2D eigenvalue weighted by Crippen LogP contribution is -2.03. The van der Waals surface area contributed by atoms with Crippen LogP contribution in [0.25, 0.3) is 0 Å². The molecule has 0 aliphatic carbocycles. The Bertz CT molecular complexity index is 516. The van der Waals surface area contributed by atoms with Crippen LogP contribution in [0.15, 0.2) is 36.4 Å². The molecule has 0 N–H and O–H groups in total. The van der Waals surface area contributed by atoms with Gasteiger partial charge in [-0.15, -0.1) is 0 Å². The molecule has 29 heavy (non-hydrogen) atoms. The van der Waals surface area contributed by atoms with Gasteiger partial charge in [0.1, 0.15) is 18.5 Å². The number of hydrogen-bond acceptors (Lipinski definition) is 2. The van der Waals surface area contributed by atoms with Gasteiger partial charge in [-0.1, -0.05) is 102 Å². The molecule has 1 aromatic carbocycles. The van der Waals surface area contributed by atoms with Crippen molar-refractivity contribution in [2.24, 2.45) is 0 Å². The first kappa shape index (κ1) is 24.0. The maximum absolute atomic E-state index is 5.68. The molecule has 1 aromatic rings. The molecular weight excluding hydrogens is 356 g/mol. The van der Waals surface area contributed by atoms with Crippen molar-refractivity contribution in [3.63, 3.8) is 0 Å². The van der Waals surface area contributed by atoms with E-state index in [1.54, 1.807) is 0 Å². The molecule has 2 heteroatoms. The van der Waals surface area contributed by atoms with Crippen molar-refractivity contribution in [3.05, 3.63) is 42.0 Å². The van der Waals surface area contributed by atoms with Gasteiger partial charge in [0, 0.05) is 0 Å². The second-order valence-corrected chi connectivity index (χ2v) is 8.60. The molecule has 1 aliphatic heterocycles. The molecule has 2 rings (SSSR count). The van der Waals surface area contributed by atoms with Crippen molar-refractivity contribution < 1.29 is 9.47 Å². The first-order valence-electron chi connectivity index (χ1n) is 12.4. The predicted octanol–water partition coefficient (Wildman–Crippen LogP) is 8.04. The summed E-state index contributed by atoms with van der Waals surface area (Å²) in [5.74, 6) is 0.951. The zero-order valence-electron chi connectivity index (χ0n) is 18.9. The first-order valence-corrected chi connectivity index (χ1v) is 12.4. The number of unbranched alkanes of at least 4 members (excludes halogenated alkanes) is 12. The number of hydrogen-bond donors (Lipinski definition) is 0. The molecule has 0 bridgehead atoms. The summed E-state index contributed by atoms with van der Waals surface area (Å²) in [6.45, 7) is 3.82. The Hall–Kier alpha value is -1.28. The van der Waals surface area contributed by atoms with Gasteiger partial charge < -0.3 is 9.47 Å². The minimum Gasteiger partial charge on any atom is -0.491 e. The summed E-state index contributed by atoms with van der Waals surface area (Å²) >= 11 is 0. The average Bonchev–Trinajstić information content (AvgIpc) is 3.57. The van der Waals surface area contributed by atoms with E-state index in [1.807, 2.05) is 0 Å². The van der Waals surface area contributed by atoms with Gasteiger partial charge in [0.25, 0.3) is 0 Å². The molecule has 1 saturated heterocycles. The summed E-state index contributed by atoms with van der Waals surface area (Å²) in [6, 6.07) is 8.52. The lowest BCUT2D eigenvalue weighted by atomic mass is 10.0. The Balaban J connectivity index is 1.34. The van der Waals surface area contributed by atoms with Gasteiger partial charge in [-0.2, -0.15) is 0 Å². The van der Waals surface area contributed by atoms with Crippen LogP contribution in [-0.4, -0.2) is 19.3 Å². The molecule has 1 unspecified atom stereocenters. The van der Waals surface area contributed by atoms with Gasteiger partial charge in [0.2, 0.25) is 0 Å². The second-order valence-electron chi connectivity index (χ2n) is 8.60. The number of benzene rings is 1. The summed E-state index contributed by atoms with van der Waals surface area (Å²) in [4.78, 5) is 0. The number of epoxide rings is 1. The molecule has 1 fully saturated rings. The molecule has 2 nitrogen and oxygen atoms in total. The van der Waals surface area contributed by atoms with Crippen LogP contribution in [0.1, 0.15) is 102 Å². The molecule has 0 aromatic heterocycles. The highest BCUT2D eigenvalue weighted by Crippen LogP contribution is 2.17. The molecular formula is C27H44O2. The Morgan fingerprint density at radius 3 is 1.93 bits per heavy atom. The van der Waals surface area contributed by atoms with Crippen molar-refractivity contribution in [1.29, 1.82) is 0 Å². The van der Waals surface area contributed by atoms with Gasteiger partial charge in [-0.3, -0.25) is 0 Å². The maximum Gasteiger partial charge on any atom is 0.119 e. The quantitative estimate of drug-likeness (QED) is 0.133. The van der Waals surface area contributed by atoms with Crippen molar-refractivity contribution in [2.45, 2.75) is 109 Å². The normalized spacial score (nSPS) is 15.8. The van der Waals surface area contributed by atoms with E-state index in [0.29, 0.717) is 12.7 Å². The standard InChI is InChI=1S/C27H44O2/c1-2-3-4-5-6-7-8-9-10-11-12-13-14-15-16-17-18-25-19-21-26(22-20-25)28-23-27-24-29-27/h15-16,19-22,27H,2-14,17-18,23-24H2,1H3/b16-15+. The largest absolute Gasteiger partial charge is 0.491 e. The molecule has 0 amide bonds. The van der Waals surface area contributed by atoms with Crippen molar-refractivity contribution in [1.82, 2.24) is 0 Å².